The van der Waals surface area contributed by atoms with Gasteiger partial charge in [0.25, 0.3) is 0 Å². The van der Waals surface area contributed by atoms with Crippen LogP contribution in [0.25, 0.3) is 5.65 Å². The van der Waals surface area contributed by atoms with E-state index in [1.807, 2.05) is 6.92 Å². The molecule has 7 heteroatoms. The van der Waals surface area contributed by atoms with Gasteiger partial charge in [-0.2, -0.15) is 0 Å². The van der Waals surface area contributed by atoms with Crippen molar-refractivity contribution in [2.24, 2.45) is 0 Å². The minimum absolute atomic E-state index is 0.103. The van der Waals surface area contributed by atoms with E-state index >= 15 is 0 Å². The second kappa shape index (κ2) is 3.52. The van der Waals surface area contributed by atoms with E-state index in [0.717, 1.165) is 0 Å². The third-order valence-electron chi connectivity index (χ3n) is 1.78. The molecule has 15 heavy (non-hydrogen) atoms. The van der Waals surface area contributed by atoms with Gasteiger partial charge in [-0.15, -0.1) is 5.10 Å². The van der Waals surface area contributed by atoms with Gasteiger partial charge in [0.05, 0.1) is 11.5 Å². The van der Waals surface area contributed by atoms with Crippen molar-refractivity contribution < 1.29 is 9.66 Å². The molecule has 0 bridgehead atoms. The Labute approximate surface area is 84.5 Å². The summed E-state index contributed by atoms with van der Waals surface area (Å²) < 4.78 is 6.47. The average Bonchev–Trinajstić information content (AvgIpc) is 2.59. The normalized spacial score (nSPS) is 10.5. The highest BCUT2D eigenvalue weighted by atomic mass is 16.6. The molecule has 0 N–H and O–H groups in total. The summed E-state index contributed by atoms with van der Waals surface area (Å²) in [6, 6.07) is 1.62. The number of nitro groups is 1. The number of nitrogens with zero attached hydrogens (tertiary/aromatic N) is 4. The van der Waals surface area contributed by atoms with Crippen molar-refractivity contribution in [1.29, 1.82) is 0 Å². The Balaban J connectivity index is 2.47. The van der Waals surface area contributed by atoms with E-state index in [1.165, 1.54) is 16.9 Å². The average molecular weight is 208 g/mol. The number of fused-ring (bicyclic) bond motifs is 1. The Morgan fingerprint density at radius 1 is 1.67 bits per heavy atom. The number of aromatic nitrogens is 3. The molecule has 0 aliphatic rings. The zero-order valence-corrected chi connectivity index (χ0v) is 7.95. The topological polar surface area (TPSA) is 82.6 Å². The predicted octanol–water partition coefficient (Wildman–Crippen LogP) is 1.04. The Morgan fingerprint density at radius 2 is 2.47 bits per heavy atom. The van der Waals surface area contributed by atoms with Gasteiger partial charge in [0.15, 0.2) is 5.65 Å². The first-order chi connectivity index (χ1) is 7.20. The van der Waals surface area contributed by atoms with E-state index in [9.17, 15) is 10.1 Å². The van der Waals surface area contributed by atoms with E-state index in [1.54, 1.807) is 6.07 Å². The Hall–Kier alpha value is -2.18. The highest BCUT2D eigenvalue weighted by Gasteiger charge is 2.09. The molecule has 78 valence electrons. The number of hydrogen-bond acceptors (Lipinski definition) is 5. The highest BCUT2D eigenvalue weighted by molar-refractivity contribution is 5.43. The first-order valence-electron chi connectivity index (χ1n) is 4.33. The molecule has 0 aliphatic heterocycles. The zero-order valence-electron chi connectivity index (χ0n) is 7.95. The van der Waals surface area contributed by atoms with Crippen LogP contribution < -0.4 is 4.74 Å². The Morgan fingerprint density at radius 3 is 3.13 bits per heavy atom. The lowest BCUT2D eigenvalue weighted by molar-refractivity contribution is -0.385. The lowest BCUT2D eigenvalue weighted by Crippen LogP contribution is -1.96. The second-order valence-electron chi connectivity index (χ2n) is 2.79. The smallest absolute Gasteiger partial charge is 0.305 e. The standard InChI is InChI=1S/C8H8N4O3/c1-2-15-8-3-7-9-4-6(12(13)14)5-11(7)10-8/h3-5H,2H2,1H3. The van der Waals surface area contributed by atoms with Crippen LogP contribution in [0.5, 0.6) is 5.88 Å². The van der Waals surface area contributed by atoms with Gasteiger partial charge in [-0.05, 0) is 6.92 Å². The zero-order chi connectivity index (χ0) is 10.8. The molecular weight excluding hydrogens is 200 g/mol. The Kier molecular flexibility index (Phi) is 2.20. The van der Waals surface area contributed by atoms with Crippen molar-refractivity contribution in [3.63, 3.8) is 0 Å². The molecule has 0 fully saturated rings. The summed E-state index contributed by atoms with van der Waals surface area (Å²) in [5.41, 5.74) is 0.415. The van der Waals surface area contributed by atoms with Crippen LogP contribution in [0.4, 0.5) is 5.69 Å². The largest absolute Gasteiger partial charge is 0.477 e. The molecule has 0 aromatic carbocycles. The third kappa shape index (κ3) is 1.71. The molecule has 2 aromatic rings. The first-order valence-corrected chi connectivity index (χ1v) is 4.33. The summed E-state index contributed by atoms with van der Waals surface area (Å²) >= 11 is 0. The molecule has 2 heterocycles. The van der Waals surface area contributed by atoms with Gasteiger partial charge in [-0.25, -0.2) is 9.50 Å². The van der Waals surface area contributed by atoms with Crippen molar-refractivity contribution in [2.45, 2.75) is 6.92 Å². The molecule has 0 aliphatic carbocycles. The maximum Gasteiger partial charge on any atom is 0.305 e. The van der Waals surface area contributed by atoms with Crippen LogP contribution in [-0.4, -0.2) is 26.1 Å². The van der Waals surface area contributed by atoms with E-state index in [4.69, 9.17) is 4.74 Å². The Bertz CT molecular complexity index is 508. The van der Waals surface area contributed by atoms with Crippen LogP contribution in [0, 0.1) is 10.1 Å². The number of rotatable bonds is 3. The summed E-state index contributed by atoms with van der Waals surface area (Å²) in [5, 5.41) is 14.4. The van der Waals surface area contributed by atoms with Crippen LogP contribution in [0.2, 0.25) is 0 Å². The summed E-state index contributed by atoms with van der Waals surface area (Å²) in [6.45, 7) is 2.33. The monoisotopic (exact) mass is 208 g/mol. The minimum atomic E-state index is -0.519. The second-order valence-corrected chi connectivity index (χ2v) is 2.79. The van der Waals surface area contributed by atoms with Gasteiger partial charge in [-0.1, -0.05) is 0 Å². The molecule has 0 unspecified atom stereocenters. The molecule has 0 saturated carbocycles. The van der Waals surface area contributed by atoms with Gasteiger partial charge >= 0.3 is 5.69 Å². The molecule has 7 nitrogen and oxygen atoms in total. The molecule has 0 radical (unpaired) electrons. The molecular formula is C8H8N4O3. The SMILES string of the molecule is CCOc1cc2ncc([N+](=O)[O-])cn2n1. The van der Waals surface area contributed by atoms with Gasteiger partial charge in [-0.3, -0.25) is 10.1 Å². The fourth-order valence-electron chi connectivity index (χ4n) is 1.16. The summed E-state index contributed by atoms with van der Waals surface area (Å²) in [5.74, 6) is 0.408. The van der Waals surface area contributed by atoms with Crippen LogP contribution >= 0.6 is 0 Å². The molecule has 0 atom stereocenters. The van der Waals surface area contributed by atoms with Gasteiger partial charge < -0.3 is 4.74 Å². The van der Waals surface area contributed by atoms with Crippen molar-refractivity contribution in [3.8, 4) is 5.88 Å². The molecule has 0 saturated heterocycles. The van der Waals surface area contributed by atoms with E-state index in [0.29, 0.717) is 18.1 Å². The lowest BCUT2D eigenvalue weighted by Gasteiger charge is -1.93. The predicted molar refractivity (Wildman–Crippen MR) is 50.8 cm³/mol. The van der Waals surface area contributed by atoms with E-state index < -0.39 is 4.92 Å². The number of ether oxygens (including phenoxy) is 1. The lowest BCUT2D eigenvalue weighted by atomic mass is 10.5. The van der Waals surface area contributed by atoms with Crippen molar-refractivity contribution in [1.82, 2.24) is 14.6 Å². The third-order valence-corrected chi connectivity index (χ3v) is 1.78. The fraction of sp³-hybridized carbons (Fsp3) is 0.250. The van der Waals surface area contributed by atoms with E-state index in [-0.39, 0.29) is 5.69 Å². The molecule has 0 amide bonds. The van der Waals surface area contributed by atoms with Crippen molar-refractivity contribution >= 4 is 11.3 Å². The minimum Gasteiger partial charge on any atom is -0.477 e. The van der Waals surface area contributed by atoms with Gasteiger partial charge in [0, 0.05) is 6.07 Å². The highest BCUT2D eigenvalue weighted by Crippen LogP contribution is 2.14. The molecule has 2 aromatic heterocycles. The van der Waals surface area contributed by atoms with Gasteiger partial charge in [0.2, 0.25) is 5.88 Å². The van der Waals surface area contributed by atoms with Crippen LogP contribution in [0.1, 0.15) is 6.92 Å². The van der Waals surface area contributed by atoms with Gasteiger partial charge in [0.1, 0.15) is 12.4 Å². The maximum absolute atomic E-state index is 10.5. The summed E-state index contributed by atoms with van der Waals surface area (Å²) in [6.07, 6.45) is 2.48. The first kappa shape index (κ1) is 9.38. The van der Waals surface area contributed by atoms with Crippen LogP contribution in [0.3, 0.4) is 0 Å². The maximum atomic E-state index is 10.5. The van der Waals surface area contributed by atoms with Crippen LogP contribution in [-0.2, 0) is 0 Å². The van der Waals surface area contributed by atoms with Crippen LogP contribution in [0.15, 0.2) is 18.5 Å². The van der Waals surface area contributed by atoms with Crippen molar-refractivity contribution in [2.75, 3.05) is 6.61 Å². The quantitative estimate of drug-likeness (QED) is 0.555. The van der Waals surface area contributed by atoms with Crippen molar-refractivity contribution in [3.05, 3.63) is 28.6 Å². The molecule has 0 spiro atoms. The fourth-order valence-corrected chi connectivity index (χ4v) is 1.16. The number of hydrogen-bond donors (Lipinski definition) is 0. The summed E-state index contributed by atoms with van der Waals surface area (Å²) in [4.78, 5) is 13.8. The summed E-state index contributed by atoms with van der Waals surface area (Å²) in [7, 11) is 0. The van der Waals surface area contributed by atoms with E-state index in [2.05, 4.69) is 10.1 Å². The molecule has 2 rings (SSSR count).